The van der Waals surface area contributed by atoms with Gasteiger partial charge in [-0.25, -0.2) is 0 Å². The lowest BCUT2D eigenvalue weighted by Crippen LogP contribution is -1.74. The Hall–Kier alpha value is -2.10. The number of aldehydes is 2. The Kier molecular flexibility index (Phi) is 4.27. The molecule has 0 atom stereocenters. The number of carbonyl (C=O) groups excluding carboxylic acids is 2. The van der Waals surface area contributed by atoms with Crippen LogP contribution in [0.2, 0.25) is 0 Å². The molecule has 2 rings (SSSR count). The Balaban J connectivity index is 0.000000160. The predicted octanol–water partition coefficient (Wildman–Crippen LogP) is 2.80. The van der Waals surface area contributed by atoms with Crippen LogP contribution in [-0.2, 0) is 0 Å². The monoisotopic (exact) mass is 220 g/mol. The van der Waals surface area contributed by atoms with Crippen molar-refractivity contribution in [3.63, 3.8) is 0 Å². The minimum Gasteiger partial charge on any atom is -0.461 e. The van der Waals surface area contributed by atoms with E-state index in [9.17, 15) is 9.59 Å². The molecular weight excluding hydrogens is 208 g/mol. The molecule has 0 aliphatic carbocycles. The molecule has 0 spiro atoms. The molecule has 2 aromatic rings. The average Bonchev–Trinajstić information content (AvgIpc) is 2.87. The summed E-state index contributed by atoms with van der Waals surface area (Å²) in [4.78, 5) is 19.9. The van der Waals surface area contributed by atoms with Crippen LogP contribution in [0.15, 0.2) is 33.3 Å². The van der Waals surface area contributed by atoms with Crippen molar-refractivity contribution in [2.24, 2.45) is 0 Å². The maximum atomic E-state index is 9.99. The summed E-state index contributed by atoms with van der Waals surface area (Å²) >= 11 is 0. The van der Waals surface area contributed by atoms with Crippen molar-refractivity contribution in [3.8, 4) is 0 Å². The zero-order chi connectivity index (χ0) is 12.0. The highest BCUT2D eigenvalue weighted by atomic mass is 16.3. The maximum Gasteiger partial charge on any atom is 0.185 e. The fraction of sp³-hybridized carbons (Fsp3) is 0.167. The highest BCUT2D eigenvalue weighted by Gasteiger charge is 1.95. The molecule has 84 valence electrons. The van der Waals surface area contributed by atoms with Gasteiger partial charge >= 0.3 is 0 Å². The van der Waals surface area contributed by atoms with Crippen LogP contribution in [0, 0.1) is 13.8 Å². The summed E-state index contributed by atoms with van der Waals surface area (Å²) in [5.41, 5.74) is 0.889. The molecule has 0 N–H and O–H groups in total. The quantitative estimate of drug-likeness (QED) is 0.730. The van der Waals surface area contributed by atoms with Crippen molar-refractivity contribution < 1.29 is 18.4 Å². The van der Waals surface area contributed by atoms with Crippen LogP contribution < -0.4 is 0 Å². The number of aryl methyl sites for hydroxylation is 2. The summed E-state index contributed by atoms with van der Waals surface area (Å²) in [6.45, 7) is 3.63. The van der Waals surface area contributed by atoms with E-state index in [0.29, 0.717) is 24.1 Å². The first-order valence-corrected chi connectivity index (χ1v) is 4.68. The maximum absolute atomic E-state index is 9.99. The van der Waals surface area contributed by atoms with E-state index in [1.54, 1.807) is 25.1 Å². The number of hydrogen-bond acceptors (Lipinski definition) is 4. The SMILES string of the molecule is Cc1ccc(C=O)o1.Cc1ccoc1C=O. The summed E-state index contributed by atoms with van der Waals surface area (Å²) < 4.78 is 9.61. The zero-order valence-electron chi connectivity index (χ0n) is 9.10. The first-order chi connectivity index (χ1) is 7.67. The van der Waals surface area contributed by atoms with Crippen LogP contribution in [0.5, 0.6) is 0 Å². The van der Waals surface area contributed by atoms with E-state index >= 15 is 0 Å². The van der Waals surface area contributed by atoms with Crippen LogP contribution in [0.3, 0.4) is 0 Å². The Labute approximate surface area is 92.9 Å². The lowest BCUT2D eigenvalue weighted by atomic mass is 10.3. The van der Waals surface area contributed by atoms with E-state index in [-0.39, 0.29) is 0 Å². The largest absolute Gasteiger partial charge is 0.461 e. The molecule has 0 aliphatic rings. The molecule has 0 fully saturated rings. The summed E-state index contributed by atoms with van der Waals surface area (Å²) in [5, 5.41) is 0. The number of rotatable bonds is 2. The smallest absolute Gasteiger partial charge is 0.185 e. The predicted molar refractivity (Wildman–Crippen MR) is 57.7 cm³/mol. The van der Waals surface area contributed by atoms with E-state index < -0.39 is 0 Å². The number of hydrogen-bond donors (Lipinski definition) is 0. The minimum atomic E-state index is 0.391. The summed E-state index contributed by atoms with van der Waals surface area (Å²) in [7, 11) is 0. The van der Waals surface area contributed by atoms with Crippen LogP contribution in [0.1, 0.15) is 32.4 Å². The molecule has 0 aliphatic heterocycles. The molecule has 2 heterocycles. The van der Waals surface area contributed by atoms with Crippen molar-refractivity contribution >= 4 is 12.6 Å². The lowest BCUT2D eigenvalue weighted by Gasteiger charge is -1.78. The molecule has 2 aromatic heterocycles. The van der Waals surface area contributed by atoms with Gasteiger partial charge in [0.15, 0.2) is 24.1 Å². The molecule has 0 aromatic carbocycles. The highest BCUT2D eigenvalue weighted by molar-refractivity contribution is 5.72. The topological polar surface area (TPSA) is 60.4 Å². The van der Waals surface area contributed by atoms with Gasteiger partial charge in [0, 0.05) is 0 Å². The molecule has 4 nitrogen and oxygen atoms in total. The van der Waals surface area contributed by atoms with E-state index in [1.165, 1.54) is 6.26 Å². The van der Waals surface area contributed by atoms with Crippen molar-refractivity contribution in [3.05, 3.63) is 47.3 Å². The fourth-order valence-electron chi connectivity index (χ4n) is 1.02. The first kappa shape index (κ1) is 12.0. The van der Waals surface area contributed by atoms with E-state index in [0.717, 1.165) is 11.3 Å². The van der Waals surface area contributed by atoms with E-state index in [1.807, 2.05) is 6.92 Å². The van der Waals surface area contributed by atoms with Crippen LogP contribution in [0.25, 0.3) is 0 Å². The second-order valence-corrected chi connectivity index (χ2v) is 3.15. The standard InChI is InChI=1S/2C6H6O2/c1-5-2-3-8-6(5)4-7;1-5-2-3-6(4-7)8-5/h2*2-4H,1H3. The molecular formula is C12H12O4. The van der Waals surface area contributed by atoms with Gasteiger partial charge in [0.05, 0.1) is 6.26 Å². The van der Waals surface area contributed by atoms with Gasteiger partial charge in [0.2, 0.25) is 0 Å². The lowest BCUT2D eigenvalue weighted by molar-refractivity contribution is 0.109. The van der Waals surface area contributed by atoms with Gasteiger partial charge in [-0.3, -0.25) is 9.59 Å². The van der Waals surface area contributed by atoms with Crippen molar-refractivity contribution in [2.75, 3.05) is 0 Å². The molecule has 0 bridgehead atoms. The third-order valence-corrected chi connectivity index (χ3v) is 1.89. The summed E-state index contributed by atoms with van der Waals surface area (Å²) in [6, 6.07) is 5.15. The van der Waals surface area contributed by atoms with Crippen LogP contribution >= 0.6 is 0 Å². The van der Waals surface area contributed by atoms with Gasteiger partial charge in [0.1, 0.15) is 5.76 Å². The van der Waals surface area contributed by atoms with Gasteiger partial charge in [-0.2, -0.15) is 0 Å². The number of furan rings is 2. The van der Waals surface area contributed by atoms with Gasteiger partial charge in [0.25, 0.3) is 0 Å². The Bertz CT molecular complexity index is 465. The second-order valence-electron chi connectivity index (χ2n) is 3.15. The van der Waals surface area contributed by atoms with Crippen molar-refractivity contribution in [2.45, 2.75) is 13.8 Å². The van der Waals surface area contributed by atoms with Crippen LogP contribution in [-0.4, -0.2) is 12.6 Å². The molecule has 4 heteroatoms. The third kappa shape index (κ3) is 3.24. The molecule has 0 saturated heterocycles. The zero-order valence-corrected chi connectivity index (χ0v) is 9.10. The minimum absolute atomic E-state index is 0.391. The van der Waals surface area contributed by atoms with Gasteiger partial charge in [-0.1, -0.05) is 0 Å². The Morgan fingerprint density at radius 3 is 2.06 bits per heavy atom. The molecule has 0 saturated carbocycles. The Morgan fingerprint density at radius 1 is 1.06 bits per heavy atom. The summed E-state index contributed by atoms with van der Waals surface area (Å²) in [6.07, 6.45) is 2.89. The fourth-order valence-corrected chi connectivity index (χ4v) is 1.02. The summed E-state index contributed by atoms with van der Waals surface area (Å²) in [5.74, 6) is 1.58. The second kappa shape index (κ2) is 5.70. The van der Waals surface area contributed by atoms with E-state index in [2.05, 4.69) is 0 Å². The first-order valence-electron chi connectivity index (χ1n) is 4.68. The highest BCUT2D eigenvalue weighted by Crippen LogP contribution is 2.03. The molecule has 0 unspecified atom stereocenters. The molecule has 0 amide bonds. The Morgan fingerprint density at radius 2 is 1.81 bits per heavy atom. The third-order valence-electron chi connectivity index (χ3n) is 1.89. The van der Waals surface area contributed by atoms with Gasteiger partial charge < -0.3 is 8.83 Å². The van der Waals surface area contributed by atoms with Gasteiger partial charge in [-0.05, 0) is 37.6 Å². The van der Waals surface area contributed by atoms with Crippen molar-refractivity contribution in [1.82, 2.24) is 0 Å². The molecule has 0 radical (unpaired) electrons. The molecule has 16 heavy (non-hydrogen) atoms. The van der Waals surface area contributed by atoms with Crippen LogP contribution in [0.4, 0.5) is 0 Å². The van der Waals surface area contributed by atoms with Gasteiger partial charge in [-0.15, -0.1) is 0 Å². The normalized spacial score (nSPS) is 9.12. The van der Waals surface area contributed by atoms with Crippen molar-refractivity contribution in [1.29, 1.82) is 0 Å². The average molecular weight is 220 g/mol. The van der Waals surface area contributed by atoms with E-state index in [4.69, 9.17) is 8.83 Å². The number of carbonyl (C=O) groups is 2.